The number of carbonyl (C=O) groups excluding carboxylic acids is 1. The summed E-state index contributed by atoms with van der Waals surface area (Å²) in [5, 5.41) is 0.562. The number of alkyl halides is 3. The van der Waals surface area contributed by atoms with Gasteiger partial charge in [0.05, 0.1) is 5.56 Å². The predicted molar refractivity (Wildman–Crippen MR) is 78.8 cm³/mol. The Labute approximate surface area is 133 Å². The lowest BCUT2D eigenvalue weighted by Gasteiger charge is -2.11. The Morgan fingerprint density at radius 1 is 1.27 bits per heavy atom. The zero-order valence-corrected chi connectivity index (χ0v) is 12.6. The summed E-state index contributed by atoms with van der Waals surface area (Å²) in [4.78, 5) is 14.9. The topological polar surface area (TPSA) is 56.0 Å². The van der Waals surface area contributed by atoms with Crippen molar-refractivity contribution in [1.29, 1.82) is 0 Å². The van der Waals surface area contributed by atoms with Crippen LogP contribution in [0, 0.1) is 0 Å². The second-order valence-electron chi connectivity index (χ2n) is 4.35. The number of nitrogens with zero attached hydrogens (tertiary/aromatic N) is 1. The van der Waals surface area contributed by atoms with Crippen LogP contribution < -0.4 is 5.73 Å². The van der Waals surface area contributed by atoms with Crippen molar-refractivity contribution in [2.75, 3.05) is 0 Å². The zero-order chi connectivity index (χ0) is 16.3. The van der Waals surface area contributed by atoms with Crippen LogP contribution in [0.1, 0.15) is 21.6 Å². The largest absolute Gasteiger partial charge is 0.417 e. The molecule has 0 spiro atoms. The van der Waals surface area contributed by atoms with Crippen molar-refractivity contribution in [3.8, 4) is 0 Å². The van der Waals surface area contributed by atoms with Gasteiger partial charge in [0.2, 0.25) is 0 Å². The van der Waals surface area contributed by atoms with E-state index in [1.807, 2.05) is 0 Å². The van der Waals surface area contributed by atoms with Crippen molar-refractivity contribution in [3.05, 3.63) is 58.4 Å². The first-order chi connectivity index (χ1) is 10.3. The molecule has 116 valence electrons. The summed E-state index contributed by atoms with van der Waals surface area (Å²) < 4.78 is 38.2. The fourth-order valence-corrected chi connectivity index (χ4v) is 2.78. The first-order valence-electron chi connectivity index (χ1n) is 6.01. The molecule has 0 atom stereocenters. The van der Waals surface area contributed by atoms with Gasteiger partial charge in [-0.05, 0) is 23.8 Å². The Morgan fingerprint density at radius 3 is 2.45 bits per heavy atom. The lowest BCUT2D eigenvalue weighted by Crippen LogP contribution is -2.16. The molecule has 1 amide bonds. The van der Waals surface area contributed by atoms with Gasteiger partial charge in [-0.25, -0.2) is 4.98 Å². The number of hydrogen-bond donors (Lipinski definition) is 1. The Kier molecular flexibility index (Phi) is 4.97. The minimum absolute atomic E-state index is 0.0947. The molecule has 0 saturated heterocycles. The minimum Gasteiger partial charge on any atom is -0.364 e. The maximum absolute atomic E-state index is 12.7. The summed E-state index contributed by atoms with van der Waals surface area (Å²) in [5.41, 5.74) is 4.90. The molecule has 2 N–H and O–H groups in total. The quantitative estimate of drug-likeness (QED) is 0.846. The SMILES string of the molecule is NC(=O)c1ncc(C(F)(F)F)cc1SCc1ccc(Cl)cc1. The molecule has 1 aromatic carbocycles. The zero-order valence-electron chi connectivity index (χ0n) is 11.0. The average Bonchev–Trinajstić information content (AvgIpc) is 2.45. The molecule has 2 aromatic rings. The number of nitrogens with two attached hydrogens (primary N) is 1. The molecule has 1 aromatic heterocycles. The van der Waals surface area contributed by atoms with E-state index in [0.29, 0.717) is 17.0 Å². The summed E-state index contributed by atoms with van der Waals surface area (Å²) in [5.74, 6) is -0.507. The second kappa shape index (κ2) is 6.58. The lowest BCUT2D eigenvalue weighted by atomic mass is 10.2. The molecular weight excluding hydrogens is 337 g/mol. The number of amides is 1. The van der Waals surface area contributed by atoms with E-state index in [1.165, 1.54) is 0 Å². The lowest BCUT2D eigenvalue weighted by molar-refractivity contribution is -0.138. The van der Waals surface area contributed by atoms with Gasteiger partial charge in [-0.3, -0.25) is 4.79 Å². The van der Waals surface area contributed by atoms with E-state index in [-0.39, 0.29) is 10.6 Å². The number of benzene rings is 1. The summed E-state index contributed by atoms with van der Waals surface area (Å²) in [6, 6.07) is 7.74. The standard InChI is InChI=1S/C14H10ClF3N2OS/c15-10-3-1-8(2-4-10)7-22-11-5-9(14(16,17)18)6-20-12(11)13(19)21/h1-6H,7H2,(H2,19,21). The first kappa shape index (κ1) is 16.6. The summed E-state index contributed by atoms with van der Waals surface area (Å²) in [7, 11) is 0. The first-order valence-corrected chi connectivity index (χ1v) is 7.38. The number of thioether (sulfide) groups is 1. The van der Waals surface area contributed by atoms with Crippen LogP contribution in [0.25, 0.3) is 0 Å². The number of carbonyl (C=O) groups is 1. The van der Waals surface area contributed by atoms with Gasteiger partial charge in [-0.15, -0.1) is 11.8 Å². The molecule has 0 aliphatic heterocycles. The van der Waals surface area contributed by atoms with Gasteiger partial charge in [0.1, 0.15) is 5.69 Å². The van der Waals surface area contributed by atoms with Crippen LogP contribution in [-0.4, -0.2) is 10.9 Å². The normalized spacial score (nSPS) is 11.5. The highest BCUT2D eigenvalue weighted by Crippen LogP contribution is 2.33. The molecule has 2 rings (SSSR count). The Hall–Kier alpha value is -1.73. The predicted octanol–water partition coefficient (Wildman–Crippen LogP) is 4.15. The van der Waals surface area contributed by atoms with E-state index in [4.69, 9.17) is 17.3 Å². The van der Waals surface area contributed by atoms with Crippen molar-refractivity contribution < 1.29 is 18.0 Å². The van der Waals surface area contributed by atoms with E-state index in [1.54, 1.807) is 24.3 Å². The van der Waals surface area contributed by atoms with Gasteiger partial charge in [0, 0.05) is 21.9 Å². The molecule has 0 unspecified atom stereocenters. The maximum atomic E-state index is 12.7. The maximum Gasteiger partial charge on any atom is 0.417 e. The summed E-state index contributed by atoms with van der Waals surface area (Å²) in [6.07, 6.45) is -3.93. The highest BCUT2D eigenvalue weighted by molar-refractivity contribution is 7.98. The third-order valence-electron chi connectivity index (χ3n) is 2.72. The molecule has 0 aliphatic rings. The van der Waals surface area contributed by atoms with Crippen LogP contribution in [0.2, 0.25) is 5.02 Å². The Bertz CT molecular complexity index is 689. The fraction of sp³-hybridized carbons (Fsp3) is 0.143. The van der Waals surface area contributed by atoms with Crippen LogP contribution in [0.4, 0.5) is 13.2 Å². The van der Waals surface area contributed by atoms with Crippen LogP contribution in [0.5, 0.6) is 0 Å². The van der Waals surface area contributed by atoms with Crippen LogP contribution in [-0.2, 0) is 11.9 Å². The Balaban J connectivity index is 2.27. The molecule has 1 heterocycles. The van der Waals surface area contributed by atoms with Crippen molar-refractivity contribution >= 4 is 29.3 Å². The van der Waals surface area contributed by atoms with E-state index < -0.39 is 17.6 Å². The third kappa shape index (κ3) is 4.14. The van der Waals surface area contributed by atoms with Gasteiger partial charge in [-0.2, -0.15) is 13.2 Å². The van der Waals surface area contributed by atoms with Crippen LogP contribution >= 0.6 is 23.4 Å². The number of rotatable bonds is 4. The number of primary amides is 1. The van der Waals surface area contributed by atoms with Gasteiger partial charge in [-0.1, -0.05) is 23.7 Å². The second-order valence-corrected chi connectivity index (χ2v) is 5.80. The van der Waals surface area contributed by atoms with Gasteiger partial charge in [0.25, 0.3) is 5.91 Å². The number of hydrogen-bond acceptors (Lipinski definition) is 3. The minimum atomic E-state index is -4.53. The third-order valence-corrected chi connectivity index (χ3v) is 4.07. The van der Waals surface area contributed by atoms with E-state index in [0.717, 1.165) is 23.4 Å². The molecule has 3 nitrogen and oxygen atoms in total. The van der Waals surface area contributed by atoms with Crippen molar-refractivity contribution in [3.63, 3.8) is 0 Å². The number of halogens is 4. The Morgan fingerprint density at radius 2 is 1.91 bits per heavy atom. The van der Waals surface area contributed by atoms with Crippen molar-refractivity contribution in [1.82, 2.24) is 4.98 Å². The van der Waals surface area contributed by atoms with E-state index in [2.05, 4.69) is 4.98 Å². The van der Waals surface area contributed by atoms with Crippen molar-refractivity contribution in [2.24, 2.45) is 5.73 Å². The van der Waals surface area contributed by atoms with Gasteiger partial charge in [0.15, 0.2) is 0 Å². The molecule has 0 saturated carbocycles. The summed E-state index contributed by atoms with van der Waals surface area (Å²) in [6.45, 7) is 0. The van der Waals surface area contributed by atoms with Gasteiger partial charge >= 0.3 is 6.18 Å². The van der Waals surface area contributed by atoms with Crippen molar-refractivity contribution in [2.45, 2.75) is 16.8 Å². The molecule has 8 heteroatoms. The molecule has 22 heavy (non-hydrogen) atoms. The molecule has 0 fully saturated rings. The molecule has 0 aliphatic carbocycles. The van der Waals surface area contributed by atoms with E-state index in [9.17, 15) is 18.0 Å². The molecular formula is C14H10ClF3N2OS. The number of aromatic nitrogens is 1. The molecule has 0 radical (unpaired) electrons. The highest BCUT2D eigenvalue weighted by atomic mass is 35.5. The smallest absolute Gasteiger partial charge is 0.364 e. The van der Waals surface area contributed by atoms with E-state index >= 15 is 0 Å². The van der Waals surface area contributed by atoms with Crippen LogP contribution in [0.15, 0.2) is 41.4 Å². The number of pyridine rings is 1. The van der Waals surface area contributed by atoms with Gasteiger partial charge < -0.3 is 5.73 Å². The fourth-order valence-electron chi connectivity index (χ4n) is 1.64. The monoisotopic (exact) mass is 346 g/mol. The average molecular weight is 347 g/mol. The summed E-state index contributed by atoms with van der Waals surface area (Å²) >= 11 is 6.82. The highest BCUT2D eigenvalue weighted by Gasteiger charge is 2.32. The molecule has 0 bridgehead atoms. The van der Waals surface area contributed by atoms with Crippen LogP contribution in [0.3, 0.4) is 0 Å².